The first-order chi connectivity index (χ1) is 16.7. The molecule has 1 aromatic rings. The number of carbonyl (C=O) groups is 2. The van der Waals surface area contributed by atoms with Gasteiger partial charge in [-0.1, -0.05) is 6.92 Å². The number of nitrogens with zero attached hydrogens (tertiary/aromatic N) is 4. The van der Waals surface area contributed by atoms with Crippen LogP contribution in [0.15, 0.2) is 28.2 Å². The molecule has 1 saturated heterocycles. The Morgan fingerprint density at radius 2 is 1.94 bits per heavy atom. The van der Waals surface area contributed by atoms with E-state index in [1.54, 1.807) is 6.92 Å². The summed E-state index contributed by atoms with van der Waals surface area (Å²) < 4.78 is 39.2. The van der Waals surface area contributed by atoms with Gasteiger partial charge in [-0.2, -0.15) is 13.2 Å². The summed E-state index contributed by atoms with van der Waals surface area (Å²) in [6.07, 6.45) is 1.53. The van der Waals surface area contributed by atoms with Crippen LogP contribution in [0, 0.1) is 0 Å². The summed E-state index contributed by atoms with van der Waals surface area (Å²) in [7, 11) is 0. The van der Waals surface area contributed by atoms with Crippen LogP contribution in [-0.4, -0.2) is 78.9 Å². The summed E-state index contributed by atoms with van der Waals surface area (Å²) in [6.45, 7) is 9.22. The van der Waals surface area contributed by atoms with Gasteiger partial charge in [-0.05, 0) is 63.9 Å². The van der Waals surface area contributed by atoms with Crippen LogP contribution < -0.4 is 5.32 Å². The van der Waals surface area contributed by atoms with Gasteiger partial charge in [0.2, 0.25) is 12.3 Å². The normalized spacial score (nSPS) is 21.8. The van der Waals surface area contributed by atoms with Crippen molar-refractivity contribution in [1.29, 1.82) is 0 Å². The van der Waals surface area contributed by atoms with Crippen molar-refractivity contribution in [1.82, 2.24) is 15.1 Å². The Morgan fingerprint density at radius 3 is 2.51 bits per heavy atom. The maximum Gasteiger partial charge on any atom is 0.416 e. The largest absolute Gasteiger partial charge is 0.416 e. The monoisotopic (exact) mass is 493 g/mol. The zero-order valence-electron chi connectivity index (χ0n) is 20.4. The van der Waals surface area contributed by atoms with E-state index in [0.29, 0.717) is 17.8 Å². The first-order valence-electron chi connectivity index (χ1n) is 12.1. The number of benzene rings is 1. The summed E-state index contributed by atoms with van der Waals surface area (Å²) in [6, 6.07) is 4.03. The summed E-state index contributed by atoms with van der Waals surface area (Å²) in [4.78, 5) is 35.9. The predicted molar refractivity (Wildman–Crippen MR) is 130 cm³/mol. The van der Waals surface area contributed by atoms with Crippen molar-refractivity contribution in [3.8, 4) is 0 Å². The Kier molecular flexibility index (Phi) is 9.04. The highest BCUT2D eigenvalue weighted by atomic mass is 19.4. The Balaban J connectivity index is 1.46. The highest BCUT2D eigenvalue weighted by Gasteiger charge is 2.36. The molecule has 1 N–H and O–H groups in total. The molecule has 1 saturated carbocycles. The average Bonchev–Trinajstić information content (AvgIpc) is 2.82. The van der Waals surface area contributed by atoms with E-state index in [1.807, 2.05) is 4.90 Å². The van der Waals surface area contributed by atoms with Gasteiger partial charge in [0.05, 0.1) is 17.3 Å². The van der Waals surface area contributed by atoms with Gasteiger partial charge < -0.3 is 10.2 Å². The predicted octanol–water partition coefficient (Wildman–Crippen LogP) is 3.83. The summed E-state index contributed by atoms with van der Waals surface area (Å²) in [5.41, 5.74) is -0.00471. The highest BCUT2D eigenvalue weighted by molar-refractivity contribution is 6.04. The molecular weight excluding hydrogens is 459 g/mol. The van der Waals surface area contributed by atoms with E-state index in [1.165, 1.54) is 6.07 Å². The van der Waals surface area contributed by atoms with E-state index in [4.69, 9.17) is 0 Å². The van der Waals surface area contributed by atoms with E-state index in [2.05, 4.69) is 33.8 Å². The fourth-order valence-corrected chi connectivity index (χ4v) is 4.93. The summed E-state index contributed by atoms with van der Waals surface area (Å²) in [5, 5.41) is 2.95. The van der Waals surface area contributed by atoms with Crippen molar-refractivity contribution in [2.75, 3.05) is 26.2 Å². The summed E-state index contributed by atoms with van der Waals surface area (Å²) >= 11 is 0. The van der Waals surface area contributed by atoms with Crippen LogP contribution in [0.5, 0.6) is 0 Å². The maximum absolute atomic E-state index is 13.1. The molecule has 0 spiro atoms. The zero-order chi connectivity index (χ0) is 25.6. The lowest BCUT2D eigenvalue weighted by atomic mass is 9.87. The van der Waals surface area contributed by atoms with Crippen molar-refractivity contribution >= 4 is 30.4 Å². The average molecular weight is 494 g/mol. The van der Waals surface area contributed by atoms with Gasteiger partial charge in [0.25, 0.3) is 0 Å². The van der Waals surface area contributed by atoms with Crippen LogP contribution in [0.4, 0.5) is 18.9 Å². The quantitative estimate of drug-likeness (QED) is 0.398. The van der Waals surface area contributed by atoms with Crippen molar-refractivity contribution in [3.05, 3.63) is 29.3 Å². The molecule has 7 nitrogen and oxygen atoms in total. The summed E-state index contributed by atoms with van der Waals surface area (Å²) in [5.74, 6) is -0.265. The third-order valence-electron chi connectivity index (χ3n) is 6.89. The Hall–Kier alpha value is -2.75. The molecule has 2 aliphatic rings. The molecule has 1 aliphatic carbocycles. The molecule has 1 aliphatic heterocycles. The second-order valence-corrected chi connectivity index (χ2v) is 9.31. The Morgan fingerprint density at radius 1 is 1.26 bits per heavy atom. The van der Waals surface area contributed by atoms with Crippen molar-refractivity contribution in [2.45, 2.75) is 70.3 Å². The molecule has 10 heteroatoms. The number of amides is 2. The van der Waals surface area contributed by atoms with Crippen molar-refractivity contribution < 1.29 is 22.8 Å². The van der Waals surface area contributed by atoms with Crippen LogP contribution in [0.3, 0.4) is 0 Å². The van der Waals surface area contributed by atoms with Crippen molar-refractivity contribution in [3.63, 3.8) is 0 Å². The zero-order valence-corrected chi connectivity index (χ0v) is 20.4. The number of carbonyl (C=O) groups excluding carboxylic acids is 2. The number of aliphatic imine (C=N–C) groups is 2. The smallest absolute Gasteiger partial charge is 0.349 e. The lowest BCUT2D eigenvalue weighted by Crippen LogP contribution is -2.63. The molecule has 0 atom stereocenters. The molecule has 1 aromatic carbocycles. The van der Waals surface area contributed by atoms with Gasteiger partial charge in [0, 0.05) is 43.0 Å². The van der Waals surface area contributed by atoms with Gasteiger partial charge in [-0.25, -0.2) is 0 Å². The molecule has 2 amide bonds. The highest BCUT2D eigenvalue weighted by Crippen LogP contribution is 2.33. The first-order valence-corrected chi connectivity index (χ1v) is 12.1. The molecule has 0 unspecified atom stereocenters. The number of halogens is 3. The maximum atomic E-state index is 13.1. The minimum Gasteiger partial charge on any atom is -0.349 e. The Labute approximate surface area is 204 Å². The minimum atomic E-state index is -4.48. The molecule has 2 fully saturated rings. The minimum absolute atomic E-state index is 0.0428. The van der Waals surface area contributed by atoms with Crippen LogP contribution >= 0.6 is 0 Å². The molecular formula is C25H34F3N5O2. The number of nitrogens with one attached hydrogen (secondary N) is 1. The van der Waals surface area contributed by atoms with Gasteiger partial charge in [0.1, 0.15) is 6.54 Å². The number of hydrogen-bond acceptors (Lipinski definition) is 5. The van der Waals surface area contributed by atoms with Crippen LogP contribution in [0.1, 0.15) is 57.1 Å². The van der Waals surface area contributed by atoms with Crippen LogP contribution in [0.25, 0.3) is 0 Å². The first kappa shape index (κ1) is 26.8. The molecule has 192 valence electrons. The molecule has 0 aromatic heterocycles. The standard InChI is InChI=1S/C25H34F3N5O2/c1-4-11-32(16-34)20-6-8-21(9-7-20)33-14-19(15-33)31-24(35)13-30-17(2)22-12-18(25(26,27)28)5-10-23(22)29-3/h5,10,12,16,19-21H,3-4,6-9,11,13-15H2,1-2H3,(H,31,35). The van der Waals surface area contributed by atoms with E-state index >= 15 is 0 Å². The van der Waals surface area contributed by atoms with Gasteiger partial charge in [-0.15, -0.1) is 0 Å². The number of likely N-dealkylation sites (tertiary alicyclic amines) is 1. The van der Waals surface area contributed by atoms with Crippen LogP contribution in [-0.2, 0) is 15.8 Å². The molecule has 3 rings (SSSR count). The molecule has 1 heterocycles. The van der Waals surface area contributed by atoms with Crippen molar-refractivity contribution in [2.24, 2.45) is 9.98 Å². The Bertz CT molecular complexity index is 936. The topological polar surface area (TPSA) is 77.4 Å². The third-order valence-corrected chi connectivity index (χ3v) is 6.89. The van der Waals surface area contributed by atoms with E-state index in [0.717, 1.165) is 70.3 Å². The SMILES string of the molecule is C=Nc1ccc(C(F)(F)F)cc1C(C)=NCC(=O)NC1CN(C2CCC(N(C=O)CCC)CC2)C1. The second-order valence-electron chi connectivity index (χ2n) is 9.31. The molecule has 0 bridgehead atoms. The molecule has 35 heavy (non-hydrogen) atoms. The van der Waals surface area contributed by atoms with E-state index < -0.39 is 11.7 Å². The van der Waals surface area contributed by atoms with Gasteiger partial charge >= 0.3 is 6.18 Å². The molecule has 0 radical (unpaired) electrons. The number of hydrogen-bond donors (Lipinski definition) is 1. The van der Waals surface area contributed by atoms with E-state index in [-0.39, 0.29) is 29.7 Å². The second kappa shape index (κ2) is 11.8. The lowest BCUT2D eigenvalue weighted by Gasteiger charge is -2.47. The fourth-order valence-electron chi connectivity index (χ4n) is 4.93. The number of rotatable bonds is 10. The van der Waals surface area contributed by atoms with Gasteiger partial charge in [0.15, 0.2) is 0 Å². The lowest BCUT2D eigenvalue weighted by molar-refractivity contribution is -0.137. The fraction of sp³-hybridized carbons (Fsp3) is 0.600. The third kappa shape index (κ3) is 6.90. The number of alkyl halides is 3. The van der Waals surface area contributed by atoms with Crippen LogP contribution in [0.2, 0.25) is 0 Å². The van der Waals surface area contributed by atoms with Gasteiger partial charge in [-0.3, -0.25) is 24.5 Å². The van der Waals surface area contributed by atoms with E-state index in [9.17, 15) is 22.8 Å².